The van der Waals surface area contributed by atoms with Crippen molar-refractivity contribution in [2.24, 2.45) is 0 Å². The molecule has 0 spiro atoms. The average Bonchev–Trinajstić information content (AvgIpc) is 3.15. The average molecular weight is 422 g/mol. The van der Waals surface area contributed by atoms with Gasteiger partial charge in [-0.05, 0) is 46.2 Å². The minimum Gasteiger partial charge on any atom is -0.486 e. The lowest BCUT2D eigenvalue weighted by molar-refractivity contribution is 0.0704. The fourth-order valence-electron chi connectivity index (χ4n) is 3.01. The third-order valence-corrected chi connectivity index (χ3v) is 7.34. The van der Waals surface area contributed by atoms with Crippen molar-refractivity contribution >= 4 is 14.6 Å². The maximum atomic E-state index is 11.7. The second kappa shape index (κ2) is 11.8. The van der Waals surface area contributed by atoms with Gasteiger partial charge in [0.15, 0.2) is 5.78 Å². The molecule has 0 saturated carbocycles. The number of ether oxygens (including phenoxy) is 1. The number of carbonyl (C=O) groups excluding carboxylic acids is 1. The Kier molecular flexibility index (Phi) is 9.45. The number of para-hydroxylation sites is 1. The van der Waals surface area contributed by atoms with Gasteiger partial charge in [-0.1, -0.05) is 17.3 Å². The zero-order chi connectivity index (χ0) is 21.1. The second-order valence-electron chi connectivity index (χ2n) is 6.40. The number of rotatable bonds is 14. The summed E-state index contributed by atoms with van der Waals surface area (Å²) in [6.07, 6.45) is 2.66. The molecule has 8 nitrogen and oxygen atoms in total. The van der Waals surface area contributed by atoms with Gasteiger partial charge in [0.2, 0.25) is 0 Å². The molecule has 29 heavy (non-hydrogen) atoms. The summed E-state index contributed by atoms with van der Waals surface area (Å²) in [4.78, 5) is 11.7. The molecule has 0 radical (unpaired) electrons. The molecule has 0 saturated heterocycles. The van der Waals surface area contributed by atoms with E-state index in [1.807, 2.05) is 39.1 Å². The molecule has 0 N–H and O–H groups in total. The number of carbonyl (C=O) groups is 1. The van der Waals surface area contributed by atoms with Crippen LogP contribution in [0.2, 0.25) is 6.04 Å². The summed E-state index contributed by atoms with van der Waals surface area (Å²) < 4.78 is 25.2. The molecule has 0 amide bonds. The van der Waals surface area contributed by atoms with E-state index in [0.29, 0.717) is 43.4 Å². The monoisotopic (exact) mass is 421 g/mol. The van der Waals surface area contributed by atoms with Crippen molar-refractivity contribution < 1.29 is 22.8 Å². The predicted molar refractivity (Wildman–Crippen MR) is 111 cm³/mol. The van der Waals surface area contributed by atoms with E-state index in [0.717, 1.165) is 12.5 Å². The standard InChI is InChI=1S/C20H31N3O5Si/c1-5-26-29(27-6-2,28-7-3)14-10-13-23-15-18(21-22-23)16-25-20-12-9-8-11-19(20)17(4)24/h8-9,11-12,15H,5-7,10,13-14,16H2,1-4H3. The van der Waals surface area contributed by atoms with Gasteiger partial charge in [-0.2, -0.15) is 0 Å². The Morgan fingerprint density at radius 3 is 2.34 bits per heavy atom. The molecule has 0 fully saturated rings. The lowest BCUT2D eigenvalue weighted by atomic mass is 10.1. The van der Waals surface area contributed by atoms with E-state index >= 15 is 0 Å². The highest BCUT2D eigenvalue weighted by Gasteiger charge is 2.39. The number of Topliss-reactive ketones (excluding diaryl/α,β-unsaturated/α-hetero) is 1. The number of aromatic nitrogens is 3. The topological polar surface area (TPSA) is 84.7 Å². The molecular weight excluding hydrogens is 390 g/mol. The van der Waals surface area contributed by atoms with Crippen LogP contribution >= 0.6 is 0 Å². The SMILES string of the molecule is CCO[Si](CCCn1cc(COc2ccccc2C(C)=O)nn1)(OCC)OCC. The van der Waals surface area contributed by atoms with Crippen LogP contribution in [0.3, 0.4) is 0 Å². The van der Waals surface area contributed by atoms with Gasteiger partial charge < -0.3 is 18.0 Å². The van der Waals surface area contributed by atoms with Gasteiger partial charge in [0.25, 0.3) is 0 Å². The van der Waals surface area contributed by atoms with Crippen LogP contribution in [0.15, 0.2) is 30.5 Å². The Morgan fingerprint density at radius 1 is 1.07 bits per heavy atom. The van der Waals surface area contributed by atoms with Crippen LogP contribution in [-0.2, 0) is 26.4 Å². The van der Waals surface area contributed by atoms with Gasteiger partial charge >= 0.3 is 8.80 Å². The third kappa shape index (κ3) is 7.04. The van der Waals surface area contributed by atoms with Gasteiger partial charge in [-0.25, -0.2) is 0 Å². The van der Waals surface area contributed by atoms with Crippen LogP contribution in [0.4, 0.5) is 0 Å². The van der Waals surface area contributed by atoms with Crippen LogP contribution in [0, 0.1) is 0 Å². The highest BCUT2D eigenvalue weighted by Crippen LogP contribution is 2.20. The van der Waals surface area contributed by atoms with E-state index in [2.05, 4.69) is 10.3 Å². The van der Waals surface area contributed by atoms with Gasteiger partial charge in [-0.15, -0.1) is 5.10 Å². The summed E-state index contributed by atoms with van der Waals surface area (Å²) in [5.74, 6) is 0.519. The van der Waals surface area contributed by atoms with Crippen molar-refractivity contribution in [3.63, 3.8) is 0 Å². The number of benzene rings is 1. The smallest absolute Gasteiger partial charge is 0.486 e. The Bertz CT molecular complexity index is 751. The molecule has 2 rings (SSSR count). The molecule has 1 heterocycles. The molecule has 9 heteroatoms. The molecule has 0 bridgehead atoms. The molecule has 0 aliphatic rings. The van der Waals surface area contributed by atoms with Gasteiger partial charge in [-0.3, -0.25) is 9.48 Å². The van der Waals surface area contributed by atoms with E-state index < -0.39 is 8.80 Å². The molecule has 0 atom stereocenters. The van der Waals surface area contributed by atoms with Crippen molar-refractivity contribution in [3.05, 3.63) is 41.7 Å². The van der Waals surface area contributed by atoms with Crippen molar-refractivity contribution in [1.29, 1.82) is 0 Å². The van der Waals surface area contributed by atoms with Crippen LogP contribution in [0.25, 0.3) is 0 Å². The summed E-state index contributed by atoms with van der Waals surface area (Å²) in [7, 11) is -2.64. The first kappa shape index (κ1) is 23.2. The first-order valence-corrected chi connectivity index (χ1v) is 12.0. The zero-order valence-corrected chi connectivity index (χ0v) is 18.7. The number of nitrogens with zero attached hydrogens (tertiary/aromatic N) is 3. The minimum absolute atomic E-state index is 0.0326. The van der Waals surface area contributed by atoms with Crippen molar-refractivity contribution in [2.75, 3.05) is 19.8 Å². The van der Waals surface area contributed by atoms with Crippen LogP contribution in [-0.4, -0.2) is 49.4 Å². The van der Waals surface area contributed by atoms with E-state index in [-0.39, 0.29) is 12.4 Å². The van der Waals surface area contributed by atoms with E-state index in [4.69, 9.17) is 18.0 Å². The van der Waals surface area contributed by atoms with E-state index in [1.165, 1.54) is 6.92 Å². The van der Waals surface area contributed by atoms with E-state index in [9.17, 15) is 4.79 Å². The van der Waals surface area contributed by atoms with Crippen LogP contribution in [0.5, 0.6) is 5.75 Å². The summed E-state index contributed by atoms with van der Waals surface area (Å²) in [6.45, 7) is 10.0. The maximum absolute atomic E-state index is 11.7. The Balaban J connectivity index is 1.89. The Hall–Kier alpha value is -2.07. The Labute approximate surface area is 173 Å². The largest absolute Gasteiger partial charge is 0.500 e. The zero-order valence-electron chi connectivity index (χ0n) is 17.7. The van der Waals surface area contributed by atoms with Crippen molar-refractivity contribution in [2.45, 2.75) is 53.3 Å². The number of ketones is 1. The molecular formula is C20H31N3O5Si. The fraction of sp³-hybridized carbons (Fsp3) is 0.550. The summed E-state index contributed by atoms with van der Waals surface area (Å²) >= 11 is 0. The first-order chi connectivity index (χ1) is 14.0. The lowest BCUT2D eigenvalue weighted by Gasteiger charge is -2.28. The first-order valence-electron chi connectivity index (χ1n) is 10.1. The molecule has 1 aromatic heterocycles. The molecule has 1 aromatic carbocycles. The molecule has 0 aliphatic heterocycles. The van der Waals surface area contributed by atoms with Crippen molar-refractivity contribution in [1.82, 2.24) is 15.0 Å². The summed E-state index contributed by atoms with van der Waals surface area (Å²) in [6, 6.07) is 7.90. The van der Waals surface area contributed by atoms with Gasteiger partial charge in [0, 0.05) is 32.4 Å². The predicted octanol–water partition coefficient (Wildman–Crippen LogP) is 3.50. The fourth-order valence-corrected chi connectivity index (χ4v) is 5.60. The number of hydrogen-bond donors (Lipinski definition) is 0. The highest BCUT2D eigenvalue weighted by molar-refractivity contribution is 6.60. The van der Waals surface area contributed by atoms with Crippen LogP contribution in [0.1, 0.15) is 50.2 Å². The highest BCUT2D eigenvalue weighted by atomic mass is 28.4. The van der Waals surface area contributed by atoms with Crippen molar-refractivity contribution in [3.8, 4) is 5.75 Å². The molecule has 0 aliphatic carbocycles. The second-order valence-corrected chi connectivity index (χ2v) is 9.13. The van der Waals surface area contributed by atoms with Gasteiger partial charge in [0.1, 0.15) is 18.1 Å². The summed E-state index contributed by atoms with van der Waals surface area (Å²) in [5, 5.41) is 8.31. The van der Waals surface area contributed by atoms with E-state index in [1.54, 1.807) is 16.8 Å². The minimum atomic E-state index is -2.64. The summed E-state index contributed by atoms with van der Waals surface area (Å²) in [5.41, 5.74) is 1.26. The third-order valence-electron chi connectivity index (χ3n) is 4.19. The number of aryl methyl sites for hydroxylation is 1. The van der Waals surface area contributed by atoms with Crippen LogP contribution < -0.4 is 4.74 Å². The Morgan fingerprint density at radius 2 is 1.72 bits per heavy atom. The normalized spacial score (nSPS) is 11.6. The quantitative estimate of drug-likeness (QED) is 0.341. The molecule has 0 unspecified atom stereocenters. The lowest BCUT2D eigenvalue weighted by Crippen LogP contribution is -2.46. The number of hydrogen-bond acceptors (Lipinski definition) is 7. The molecule has 160 valence electrons. The maximum Gasteiger partial charge on any atom is 0.500 e. The molecule has 2 aromatic rings. The van der Waals surface area contributed by atoms with Gasteiger partial charge in [0.05, 0.1) is 11.8 Å².